The van der Waals surface area contributed by atoms with Crippen LogP contribution >= 0.6 is 34.3 Å². The molecule has 106 valence electrons. The quantitative estimate of drug-likeness (QED) is 0.728. The van der Waals surface area contributed by atoms with Crippen LogP contribution in [0.1, 0.15) is 10.4 Å². The molecular formula is C14H7ClFNO2S2. The van der Waals surface area contributed by atoms with E-state index in [1.807, 2.05) is 5.38 Å². The molecule has 0 fully saturated rings. The van der Waals surface area contributed by atoms with E-state index in [0.29, 0.717) is 21.3 Å². The van der Waals surface area contributed by atoms with Gasteiger partial charge in [-0.05, 0) is 24.3 Å². The van der Waals surface area contributed by atoms with E-state index in [-0.39, 0.29) is 5.56 Å². The third-order valence-electron chi connectivity index (χ3n) is 2.71. The van der Waals surface area contributed by atoms with Crippen molar-refractivity contribution in [2.75, 3.05) is 0 Å². The number of aromatic nitrogens is 1. The van der Waals surface area contributed by atoms with Crippen LogP contribution in [0.4, 0.5) is 4.39 Å². The van der Waals surface area contributed by atoms with Crippen LogP contribution in [0.5, 0.6) is 0 Å². The second-order valence-corrected chi connectivity index (χ2v) is 6.41. The SMILES string of the molecule is O=C(O)c1csc(-c2csc(-c3cc(F)cc(Cl)c3)n2)c1. The second-order valence-electron chi connectivity index (χ2n) is 4.20. The molecule has 0 aliphatic heterocycles. The lowest BCUT2D eigenvalue weighted by atomic mass is 10.2. The first kappa shape index (κ1) is 14.2. The number of carbonyl (C=O) groups is 1. The van der Waals surface area contributed by atoms with Gasteiger partial charge in [-0.3, -0.25) is 0 Å². The van der Waals surface area contributed by atoms with Gasteiger partial charge in [0.25, 0.3) is 0 Å². The fourth-order valence-electron chi connectivity index (χ4n) is 1.78. The zero-order valence-electron chi connectivity index (χ0n) is 10.3. The molecule has 0 saturated carbocycles. The van der Waals surface area contributed by atoms with Gasteiger partial charge >= 0.3 is 5.97 Å². The molecular weight excluding hydrogens is 333 g/mol. The van der Waals surface area contributed by atoms with E-state index in [2.05, 4.69) is 4.98 Å². The van der Waals surface area contributed by atoms with E-state index in [0.717, 1.165) is 4.88 Å². The number of rotatable bonds is 3. The molecule has 0 radical (unpaired) electrons. The van der Waals surface area contributed by atoms with Crippen molar-refractivity contribution in [2.45, 2.75) is 0 Å². The second kappa shape index (κ2) is 5.55. The highest BCUT2D eigenvalue weighted by Gasteiger charge is 2.12. The lowest BCUT2D eigenvalue weighted by Crippen LogP contribution is -1.91. The predicted molar refractivity (Wildman–Crippen MR) is 82.8 cm³/mol. The van der Waals surface area contributed by atoms with Crippen LogP contribution in [-0.4, -0.2) is 16.1 Å². The van der Waals surface area contributed by atoms with Gasteiger partial charge in [-0.2, -0.15) is 0 Å². The van der Waals surface area contributed by atoms with Crippen molar-refractivity contribution in [3.63, 3.8) is 0 Å². The Morgan fingerprint density at radius 2 is 2.00 bits per heavy atom. The fourth-order valence-corrected chi connectivity index (χ4v) is 3.73. The van der Waals surface area contributed by atoms with Crippen molar-refractivity contribution in [3.8, 4) is 21.1 Å². The maximum Gasteiger partial charge on any atom is 0.336 e. The minimum Gasteiger partial charge on any atom is -0.478 e. The van der Waals surface area contributed by atoms with Crippen molar-refractivity contribution < 1.29 is 14.3 Å². The monoisotopic (exact) mass is 339 g/mol. The van der Waals surface area contributed by atoms with Crippen molar-refractivity contribution in [3.05, 3.63) is 51.4 Å². The molecule has 0 saturated heterocycles. The number of thiophene rings is 1. The zero-order chi connectivity index (χ0) is 15.0. The predicted octanol–water partition coefficient (Wildman–Crippen LogP) is 5.03. The highest BCUT2D eigenvalue weighted by Crippen LogP contribution is 2.33. The van der Waals surface area contributed by atoms with Crippen molar-refractivity contribution in [1.29, 1.82) is 0 Å². The molecule has 2 aromatic heterocycles. The molecule has 0 aliphatic rings. The summed E-state index contributed by atoms with van der Waals surface area (Å²) in [6.45, 7) is 0. The Balaban J connectivity index is 1.97. The van der Waals surface area contributed by atoms with Crippen LogP contribution in [0.25, 0.3) is 21.1 Å². The van der Waals surface area contributed by atoms with E-state index < -0.39 is 11.8 Å². The van der Waals surface area contributed by atoms with Crippen molar-refractivity contribution >= 4 is 40.2 Å². The van der Waals surface area contributed by atoms with Gasteiger partial charge in [0.2, 0.25) is 0 Å². The summed E-state index contributed by atoms with van der Waals surface area (Å²) in [5.41, 5.74) is 1.51. The molecule has 21 heavy (non-hydrogen) atoms. The molecule has 3 rings (SSSR count). The normalized spacial score (nSPS) is 10.8. The highest BCUT2D eigenvalue weighted by molar-refractivity contribution is 7.15. The summed E-state index contributed by atoms with van der Waals surface area (Å²) in [6.07, 6.45) is 0. The van der Waals surface area contributed by atoms with Gasteiger partial charge in [-0.15, -0.1) is 22.7 Å². The summed E-state index contributed by atoms with van der Waals surface area (Å²) in [4.78, 5) is 16.1. The summed E-state index contributed by atoms with van der Waals surface area (Å²) >= 11 is 8.50. The van der Waals surface area contributed by atoms with Gasteiger partial charge in [0, 0.05) is 21.3 Å². The molecule has 2 heterocycles. The van der Waals surface area contributed by atoms with Crippen LogP contribution in [0.15, 0.2) is 35.0 Å². The molecule has 0 unspecified atom stereocenters. The Morgan fingerprint density at radius 1 is 1.19 bits per heavy atom. The Morgan fingerprint density at radius 3 is 2.67 bits per heavy atom. The van der Waals surface area contributed by atoms with E-state index >= 15 is 0 Å². The van der Waals surface area contributed by atoms with Gasteiger partial charge in [-0.25, -0.2) is 14.2 Å². The Bertz CT molecular complexity index is 808. The van der Waals surface area contributed by atoms with Gasteiger partial charge < -0.3 is 5.11 Å². The average molecular weight is 340 g/mol. The van der Waals surface area contributed by atoms with Crippen molar-refractivity contribution in [1.82, 2.24) is 4.98 Å². The van der Waals surface area contributed by atoms with Gasteiger partial charge in [-0.1, -0.05) is 11.6 Å². The first-order valence-corrected chi connectivity index (χ1v) is 7.91. The van der Waals surface area contributed by atoms with Crippen LogP contribution < -0.4 is 0 Å². The minimum atomic E-state index is -0.968. The van der Waals surface area contributed by atoms with Crippen LogP contribution in [0, 0.1) is 5.82 Å². The zero-order valence-corrected chi connectivity index (χ0v) is 12.7. The number of benzene rings is 1. The standard InChI is InChI=1S/C14H7ClFNO2S2/c15-9-1-7(2-10(16)4-9)13-17-11(6-21-13)12-3-8(5-20-12)14(18)19/h1-6H,(H,18,19). The summed E-state index contributed by atoms with van der Waals surface area (Å²) in [5, 5.41) is 13.2. The van der Waals surface area contributed by atoms with E-state index in [9.17, 15) is 9.18 Å². The van der Waals surface area contributed by atoms with E-state index in [1.54, 1.807) is 17.5 Å². The summed E-state index contributed by atoms with van der Waals surface area (Å²) in [6, 6.07) is 5.82. The van der Waals surface area contributed by atoms with Gasteiger partial charge in [0.05, 0.1) is 16.1 Å². The third kappa shape index (κ3) is 2.97. The maximum absolute atomic E-state index is 13.4. The molecule has 0 spiro atoms. The minimum absolute atomic E-state index is 0.235. The Labute approximate surface area is 132 Å². The Kier molecular flexibility index (Phi) is 3.75. The number of carboxylic acids is 1. The molecule has 0 atom stereocenters. The lowest BCUT2D eigenvalue weighted by molar-refractivity contribution is 0.0697. The van der Waals surface area contributed by atoms with E-state index in [4.69, 9.17) is 16.7 Å². The van der Waals surface area contributed by atoms with Gasteiger partial charge in [0.1, 0.15) is 10.8 Å². The molecule has 0 bridgehead atoms. The van der Waals surface area contributed by atoms with Crippen molar-refractivity contribution in [2.24, 2.45) is 0 Å². The highest BCUT2D eigenvalue weighted by atomic mass is 35.5. The number of halogens is 2. The molecule has 7 heteroatoms. The van der Waals surface area contributed by atoms with Crippen LogP contribution in [0.3, 0.4) is 0 Å². The molecule has 0 aliphatic carbocycles. The number of thiazole rings is 1. The molecule has 1 aromatic carbocycles. The molecule has 3 aromatic rings. The number of carboxylic acid groups (broad SMARTS) is 1. The van der Waals surface area contributed by atoms with Crippen LogP contribution in [0.2, 0.25) is 5.02 Å². The van der Waals surface area contributed by atoms with Gasteiger partial charge in [0.15, 0.2) is 0 Å². The molecule has 1 N–H and O–H groups in total. The molecule has 3 nitrogen and oxygen atoms in total. The first-order chi connectivity index (χ1) is 10.0. The lowest BCUT2D eigenvalue weighted by Gasteiger charge is -1.98. The smallest absolute Gasteiger partial charge is 0.336 e. The van der Waals surface area contributed by atoms with Crippen LogP contribution in [-0.2, 0) is 0 Å². The third-order valence-corrected chi connectivity index (χ3v) is 4.77. The van der Waals surface area contributed by atoms with E-state index in [1.165, 1.54) is 34.8 Å². The summed E-state index contributed by atoms with van der Waals surface area (Å²) < 4.78 is 13.4. The molecule has 0 amide bonds. The average Bonchev–Trinajstić information content (AvgIpc) is 3.07. The topological polar surface area (TPSA) is 50.2 Å². The first-order valence-electron chi connectivity index (χ1n) is 5.77. The fraction of sp³-hybridized carbons (Fsp3) is 0. The largest absolute Gasteiger partial charge is 0.478 e. The number of hydrogen-bond acceptors (Lipinski definition) is 4. The number of aromatic carboxylic acids is 1. The summed E-state index contributed by atoms with van der Waals surface area (Å²) in [5.74, 6) is -1.39. The number of nitrogens with zero attached hydrogens (tertiary/aromatic N) is 1. The number of hydrogen-bond donors (Lipinski definition) is 1. The Hall–Kier alpha value is -1.76. The summed E-state index contributed by atoms with van der Waals surface area (Å²) in [7, 11) is 0. The maximum atomic E-state index is 13.4.